The zero-order valence-electron chi connectivity index (χ0n) is 74.8. The second-order valence-corrected chi connectivity index (χ2v) is 42.1. The molecule has 0 saturated carbocycles. The number of ether oxygens (including phenoxy) is 2. The third-order valence-electron chi connectivity index (χ3n) is 28.6. The van der Waals surface area contributed by atoms with Gasteiger partial charge in [-0.2, -0.15) is 0 Å². The second-order valence-electron chi connectivity index (χ2n) is 38.6. The lowest BCUT2D eigenvalue weighted by atomic mass is 9.88. The van der Waals surface area contributed by atoms with Gasteiger partial charge in [-0.1, -0.05) is 51.6 Å². The van der Waals surface area contributed by atoms with E-state index in [9.17, 15) is 33.9 Å². The van der Waals surface area contributed by atoms with E-state index in [1.54, 1.807) is 34.0 Å². The van der Waals surface area contributed by atoms with Gasteiger partial charge in [-0.3, -0.25) is 28.8 Å². The Morgan fingerprint density at radius 2 is 0.664 bits per heavy atom. The molecule has 0 radical (unpaired) electrons. The highest BCUT2D eigenvalue weighted by atomic mass is 35.5. The third-order valence-corrected chi connectivity index (χ3v) is 33.0. The third kappa shape index (κ3) is 18.7. The molecule has 3 aromatic carbocycles. The Morgan fingerprint density at radius 3 is 0.934 bits per heavy atom. The van der Waals surface area contributed by atoms with Gasteiger partial charge in [0, 0.05) is 86.0 Å². The van der Waals surface area contributed by atoms with Gasteiger partial charge >= 0.3 is 17.9 Å². The molecule has 6 bridgehead atoms. The minimum Gasteiger partial charge on any atom is -0.481 e. The Labute approximate surface area is 739 Å². The van der Waals surface area contributed by atoms with Crippen LogP contribution in [-0.2, 0) is 73.7 Å². The second kappa shape index (κ2) is 37.5. The van der Waals surface area contributed by atoms with E-state index in [0.29, 0.717) is 67.2 Å². The number of rotatable bonds is 22. The van der Waals surface area contributed by atoms with Gasteiger partial charge in [-0.05, 0) is 359 Å². The lowest BCUT2D eigenvalue weighted by Crippen LogP contribution is -2.45. The summed E-state index contributed by atoms with van der Waals surface area (Å²) in [6.07, 6.45) is 21.7. The molecule has 122 heavy (non-hydrogen) atoms. The van der Waals surface area contributed by atoms with Gasteiger partial charge in [0.1, 0.15) is 14.5 Å². The maximum atomic E-state index is 13.9. The molecule has 9 saturated heterocycles. The number of esters is 2. The average Bonchev–Trinajstić information content (AvgIpc) is 1.60. The molecule has 22 heteroatoms. The molecular weight excluding hydrogens is 1600 g/mol. The molecule has 15 heterocycles. The number of fused-ring (bicyclic) bond motifs is 9. The highest BCUT2D eigenvalue weighted by molar-refractivity contribution is 7.19. The number of hydrogen-bond acceptors (Lipinski definition) is 14. The Hall–Kier alpha value is -7.63. The maximum Gasteiger partial charge on any atom is 0.309 e. The lowest BCUT2D eigenvalue weighted by Gasteiger charge is -2.31. The van der Waals surface area contributed by atoms with Gasteiger partial charge in [0.15, 0.2) is 0 Å². The number of nitrogens with zero attached hydrogens (tertiary/aromatic N) is 5. The van der Waals surface area contributed by atoms with Crippen molar-refractivity contribution < 1.29 is 43.3 Å². The van der Waals surface area contributed by atoms with Gasteiger partial charge in [-0.25, -0.2) is 0 Å². The Balaban J connectivity index is 0.000000134. The van der Waals surface area contributed by atoms with Crippen LogP contribution in [0.4, 0.5) is 0 Å². The smallest absolute Gasteiger partial charge is 0.309 e. The van der Waals surface area contributed by atoms with Crippen LogP contribution in [0.15, 0.2) is 72.8 Å². The van der Waals surface area contributed by atoms with Crippen molar-refractivity contribution in [2.24, 2.45) is 17.8 Å². The van der Waals surface area contributed by atoms with E-state index < -0.39 is 22.2 Å². The van der Waals surface area contributed by atoms with E-state index in [2.05, 4.69) is 201 Å². The fourth-order valence-electron chi connectivity index (χ4n) is 21.9. The number of carboxylic acid groups (broad SMARTS) is 1. The number of likely N-dealkylation sites (tertiary alicyclic amines) is 2. The van der Waals surface area contributed by atoms with Crippen molar-refractivity contribution in [3.63, 3.8) is 0 Å². The molecule has 0 spiro atoms. The molecule has 656 valence electrons. The first-order valence-corrected chi connectivity index (χ1v) is 48.9. The lowest BCUT2D eigenvalue weighted by molar-refractivity contribution is -0.150. The summed E-state index contributed by atoms with van der Waals surface area (Å²) in [4.78, 5) is 106. The SMILES string of the molecule is CCOC(=O)C1CCN(CCc2c(-c3cc(C)cc(C)c3)[nH]c3sc(C(C)(C)C(=O)N4C5CCC4CC5)cc23)CC1.CCOC(=O)C1CCNCC1.Cc1cc(C)cc(-c2[nH]c3sc(C(C)(C)C(=O)N4C5CCC4CC5)cc3c2CCCl)c1.Cc1cc(C)cc(-c2[nH]c3sc(C(C)(C)C(=O)N4C5CCC4CC5)cc3c2CCN2CCC(C(=O)O)CC2)c1. The molecule has 6 aromatic heterocycles. The zero-order chi connectivity index (χ0) is 86.4. The summed E-state index contributed by atoms with van der Waals surface area (Å²) in [6.45, 7) is 37.5. The van der Waals surface area contributed by atoms with Crippen molar-refractivity contribution in [3.05, 3.63) is 137 Å². The molecule has 0 unspecified atom stereocenters. The largest absolute Gasteiger partial charge is 0.481 e. The number of carbonyl (C=O) groups excluding carboxylic acids is 5. The number of hydrogen-bond donors (Lipinski definition) is 5. The van der Waals surface area contributed by atoms with E-state index in [1.807, 2.05) is 13.8 Å². The number of alkyl halides is 1. The number of aromatic nitrogens is 3. The predicted molar refractivity (Wildman–Crippen MR) is 498 cm³/mol. The van der Waals surface area contributed by atoms with E-state index in [-0.39, 0.29) is 35.6 Å². The maximum absolute atomic E-state index is 13.9. The highest BCUT2D eigenvalue weighted by Crippen LogP contribution is 2.50. The molecule has 9 fully saturated rings. The van der Waals surface area contributed by atoms with Gasteiger partial charge in [0.25, 0.3) is 0 Å². The van der Waals surface area contributed by atoms with Crippen molar-refractivity contribution in [2.75, 3.05) is 71.5 Å². The molecule has 0 aliphatic carbocycles. The number of benzene rings is 3. The van der Waals surface area contributed by atoms with Crippen molar-refractivity contribution in [1.82, 2.24) is 44.8 Å². The fourth-order valence-corrected chi connectivity index (χ4v) is 25.7. The van der Waals surface area contributed by atoms with Crippen molar-refractivity contribution in [1.29, 1.82) is 0 Å². The van der Waals surface area contributed by atoms with Crippen LogP contribution in [-0.4, -0.2) is 188 Å². The minimum atomic E-state index is -0.663. The number of aliphatic carboxylic acids is 1. The first-order valence-electron chi connectivity index (χ1n) is 45.9. The van der Waals surface area contributed by atoms with Gasteiger partial charge in [-0.15, -0.1) is 45.6 Å². The number of halogens is 1. The van der Waals surface area contributed by atoms with Gasteiger partial charge in [0.2, 0.25) is 17.7 Å². The number of nitrogens with one attached hydrogen (secondary N) is 4. The van der Waals surface area contributed by atoms with E-state index >= 15 is 0 Å². The minimum absolute atomic E-state index is 0.0194. The summed E-state index contributed by atoms with van der Waals surface area (Å²) < 4.78 is 10.2. The van der Waals surface area contributed by atoms with Crippen LogP contribution in [0.2, 0.25) is 0 Å². The molecule has 9 aromatic rings. The van der Waals surface area contributed by atoms with E-state index in [0.717, 1.165) is 191 Å². The van der Waals surface area contributed by atoms with Crippen LogP contribution in [0.5, 0.6) is 0 Å². The summed E-state index contributed by atoms with van der Waals surface area (Å²) in [7, 11) is 0. The first kappa shape index (κ1) is 89.2. The fraction of sp³-hybridized carbons (Fsp3) is 0.580. The summed E-state index contributed by atoms with van der Waals surface area (Å²) in [6, 6.07) is 29.7. The first-order chi connectivity index (χ1) is 58.4. The molecule has 18 nitrogen and oxygen atoms in total. The van der Waals surface area contributed by atoms with Crippen molar-refractivity contribution in [2.45, 2.75) is 284 Å². The summed E-state index contributed by atoms with van der Waals surface area (Å²) >= 11 is 11.4. The number of carboxylic acids is 1. The number of aryl methyl sites for hydroxylation is 7. The number of carbonyl (C=O) groups is 6. The van der Waals surface area contributed by atoms with Gasteiger partial charge in [0.05, 0.1) is 64.3 Å². The van der Waals surface area contributed by atoms with Crippen LogP contribution in [0.25, 0.3) is 64.4 Å². The Morgan fingerprint density at radius 1 is 0.393 bits per heavy atom. The molecule has 18 rings (SSSR count). The average molecular weight is 1740 g/mol. The molecular formula is C100H132ClN9O9S3. The van der Waals surface area contributed by atoms with Crippen molar-refractivity contribution >= 4 is 112 Å². The molecule has 9 aliphatic heterocycles. The quantitative estimate of drug-likeness (QED) is 0.0316. The summed E-state index contributed by atoms with van der Waals surface area (Å²) in [5.74, 6) is 0.707. The molecule has 5 N–H and O–H groups in total. The highest BCUT2D eigenvalue weighted by Gasteiger charge is 2.51. The van der Waals surface area contributed by atoms with Crippen LogP contribution < -0.4 is 5.32 Å². The number of aromatic amines is 3. The molecule has 0 atom stereocenters. The van der Waals surface area contributed by atoms with Gasteiger partial charge < -0.3 is 59.3 Å². The molecule has 3 amide bonds. The monoisotopic (exact) mass is 1730 g/mol. The van der Waals surface area contributed by atoms with E-state index in [1.165, 1.54) is 126 Å². The number of piperidine rings is 3. The van der Waals surface area contributed by atoms with Crippen LogP contribution >= 0.6 is 45.6 Å². The summed E-state index contributed by atoms with van der Waals surface area (Å²) in [5.41, 5.74) is 17.1. The topological polar surface area (TPSA) is 217 Å². The molecule has 9 aliphatic rings. The van der Waals surface area contributed by atoms with Crippen LogP contribution in [0, 0.1) is 59.3 Å². The normalized spacial score (nSPS) is 21.5. The van der Waals surface area contributed by atoms with Crippen LogP contribution in [0.3, 0.4) is 0 Å². The Kier molecular flexibility index (Phi) is 27.4. The van der Waals surface area contributed by atoms with Crippen molar-refractivity contribution in [3.8, 4) is 33.8 Å². The summed E-state index contributed by atoms with van der Waals surface area (Å²) in [5, 5.41) is 16.3. The number of thiophene rings is 3. The van der Waals surface area contributed by atoms with E-state index in [4.69, 9.17) is 21.1 Å². The zero-order valence-corrected chi connectivity index (χ0v) is 78.0. The predicted octanol–water partition coefficient (Wildman–Crippen LogP) is 20.3. The van der Waals surface area contributed by atoms with Crippen LogP contribution in [0.1, 0.15) is 236 Å². The Bertz CT molecular complexity index is 5180. The number of amides is 3. The standard InChI is InChI=1S/C34H45N3O3S.C32H41N3O3S.C26H31ClN2OS.C8H15NO2/c1-6-40-32(38)23-11-14-36(15-12-23)16-13-27-28-20-29(34(4,5)33(39)37-25-7-8-26(37)10-9-25)41-31(28)35-30(27)24-18-21(2)17-22(3)19-24;1-19-15-20(2)17-22(16-19)28-25(11-14-34-12-9-21(10-13-34)30(36)37)26-18-27(39-29(26)33-28)32(3,4)31(38)35-23-5-6-24(35)8-7-23;1-15-11-16(2)13-17(12-15)23-20(9-10-27)21-14-22(31-24(21)28-23)26(3,4)25(30)29-18-5-6-19(29)8-7-18;1-2-11-8(10)7-3-5-9-6-4-7/h17-20,23,25-26,35H,6-16H2,1-5H3;15-18,21,23-24,33H,5-14H2,1-4H3,(H,36,37);11-14,18-19,28H,5-10H2,1-4H3;7,9H,2-6H2,1H3. The number of H-pyrrole nitrogens is 3.